The van der Waals surface area contributed by atoms with Gasteiger partial charge in [-0.15, -0.1) is 5.10 Å². The molecule has 134 valence electrons. The fraction of sp³-hybridized carbons (Fsp3) is 0.263. The summed E-state index contributed by atoms with van der Waals surface area (Å²) >= 11 is 5.91. The summed E-state index contributed by atoms with van der Waals surface area (Å²) in [5, 5.41) is 8.83. The molecule has 2 aromatic carbocycles. The first kappa shape index (κ1) is 18.1. The summed E-state index contributed by atoms with van der Waals surface area (Å²) < 4.78 is 6.40. The van der Waals surface area contributed by atoms with Gasteiger partial charge in [0.25, 0.3) is 5.56 Å². The van der Waals surface area contributed by atoms with Gasteiger partial charge in [-0.1, -0.05) is 54.9 Å². The molecule has 1 aromatic heterocycles. The van der Waals surface area contributed by atoms with Crippen LogP contribution in [0.3, 0.4) is 0 Å². The fourth-order valence-electron chi connectivity index (χ4n) is 2.79. The van der Waals surface area contributed by atoms with Crippen LogP contribution in [0.2, 0.25) is 5.02 Å². The molecule has 0 fully saturated rings. The van der Waals surface area contributed by atoms with E-state index in [0.29, 0.717) is 15.9 Å². The van der Waals surface area contributed by atoms with Crippen molar-refractivity contribution in [2.75, 3.05) is 0 Å². The minimum Gasteiger partial charge on any atom is -0.442 e. The SMILES string of the molecule is CC(C)[C@H](C(=O)OCn1nnc2ccccc2c1=O)c1ccc(Cl)cc1. The first-order valence-corrected chi connectivity index (χ1v) is 8.60. The number of ether oxygens (including phenoxy) is 1. The zero-order valence-corrected chi connectivity index (χ0v) is 15.2. The highest BCUT2D eigenvalue weighted by Crippen LogP contribution is 2.27. The molecule has 0 aliphatic carbocycles. The molecule has 0 saturated carbocycles. The molecule has 0 saturated heterocycles. The van der Waals surface area contributed by atoms with Crippen molar-refractivity contribution in [2.24, 2.45) is 5.92 Å². The van der Waals surface area contributed by atoms with Gasteiger partial charge in [-0.3, -0.25) is 9.59 Å². The van der Waals surface area contributed by atoms with Crippen molar-refractivity contribution in [3.8, 4) is 0 Å². The average molecular weight is 372 g/mol. The van der Waals surface area contributed by atoms with E-state index >= 15 is 0 Å². The predicted octanol–water partition coefficient (Wildman–Crippen LogP) is 3.39. The highest BCUT2D eigenvalue weighted by Gasteiger charge is 2.26. The Labute approximate surface area is 155 Å². The lowest BCUT2D eigenvalue weighted by Gasteiger charge is -2.20. The van der Waals surface area contributed by atoms with Crippen LogP contribution >= 0.6 is 11.6 Å². The van der Waals surface area contributed by atoms with Crippen molar-refractivity contribution < 1.29 is 9.53 Å². The third-order valence-electron chi connectivity index (χ3n) is 4.11. The first-order chi connectivity index (χ1) is 12.5. The van der Waals surface area contributed by atoms with Crippen LogP contribution < -0.4 is 5.56 Å². The number of esters is 1. The lowest BCUT2D eigenvalue weighted by atomic mass is 9.88. The summed E-state index contributed by atoms with van der Waals surface area (Å²) in [7, 11) is 0. The Morgan fingerprint density at radius 2 is 1.85 bits per heavy atom. The highest BCUT2D eigenvalue weighted by molar-refractivity contribution is 6.30. The maximum atomic E-state index is 12.6. The molecule has 26 heavy (non-hydrogen) atoms. The fourth-order valence-corrected chi connectivity index (χ4v) is 2.91. The summed E-state index contributed by atoms with van der Waals surface area (Å²) in [6, 6.07) is 14.0. The zero-order chi connectivity index (χ0) is 18.7. The van der Waals surface area contributed by atoms with E-state index in [0.717, 1.165) is 10.2 Å². The largest absolute Gasteiger partial charge is 0.442 e. The maximum absolute atomic E-state index is 12.6. The van der Waals surface area contributed by atoms with Gasteiger partial charge in [0.1, 0.15) is 5.52 Å². The first-order valence-electron chi connectivity index (χ1n) is 8.22. The van der Waals surface area contributed by atoms with Gasteiger partial charge in [-0.05, 0) is 35.7 Å². The summed E-state index contributed by atoms with van der Waals surface area (Å²) in [6.45, 7) is 3.58. The molecule has 0 aliphatic rings. The Bertz CT molecular complexity index is 983. The van der Waals surface area contributed by atoms with E-state index in [-0.39, 0.29) is 18.2 Å². The smallest absolute Gasteiger partial charge is 0.315 e. The van der Waals surface area contributed by atoms with Crippen molar-refractivity contribution in [1.29, 1.82) is 0 Å². The molecular formula is C19H18ClN3O3. The highest BCUT2D eigenvalue weighted by atomic mass is 35.5. The van der Waals surface area contributed by atoms with E-state index in [1.165, 1.54) is 0 Å². The second-order valence-electron chi connectivity index (χ2n) is 6.28. The number of carbonyl (C=O) groups is 1. The molecule has 0 spiro atoms. The van der Waals surface area contributed by atoms with E-state index in [1.807, 2.05) is 13.8 Å². The molecule has 7 heteroatoms. The van der Waals surface area contributed by atoms with Gasteiger partial charge in [0.15, 0.2) is 6.73 Å². The lowest BCUT2D eigenvalue weighted by Crippen LogP contribution is -2.29. The third-order valence-corrected chi connectivity index (χ3v) is 4.36. The second-order valence-corrected chi connectivity index (χ2v) is 6.71. The van der Waals surface area contributed by atoms with E-state index in [4.69, 9.17) is 16.3 Å². The standard InChI is InChI=1S/C19H18ClN3O3/c1-12(2)17(13-7-9-14(20)10-8-13)19(25)26-11-23-18(24)15-5-3-4-6-16(15)21-22-23/h3-10,12,17H,11H2,1-2H3/t17-/m0/s1. The molecule has 3 rings (SSSR count). The van der Waals surface area contributed by atoms with E-state index < -0.39 is 11.9 Å². The predicted molar refractivity (Wildman–Crippen MR) is 98.9 cm³/mol. The summed E-state index contributed by atoms with van der Waals surface area (Å²) in [5.74, 6) is -0.872. The van der Waals surface area contributed by atoms with Crippen molar-refractivity contribution in [3.63, 3.8) is 0 Å². The quantitative estimate of drug-likeness (QED) is 0.643. The molecule has 0 aliphatic heterocycles. The average Bonchev–Trinajstić information content (AvgIpc) is 2.63. The second kappa shape index (κ2) is 7.66. The molecule has 1 atom stereocenters. The van der Waals surface area contributed by atoms with Crippen LogP contribution in [0.15, 0.2) is 53.3 Å². The zero-order valence-electron chi connectivity index (χ0n) is 14.4. The molecule has 3 aromatic rings. The van der Waals surface area contributed by atoms with Gasteiger partial charge >= 0.3 is 5.97 Å². The van der Waals surface area contributed by atoms with Gasteiger partial charge in [0.05, 0.1) is 11.3 Å². The molecule has 6 nitrogen and oxygen atoms in total. The lowest BCUT2D eigenvalue weighted by molar-refractivity contribution is -0.151. The Morgan fingerprint density at radius 1 is 1.15 bits per heavy atom. The molecular weight excluding hydrogens is 354 g/mol. The number of carbonyl (C=O) groups excluding carboxylic acids is 1. The van der Waals surface area contributed by atoms with Crippen molar-refractivity contribution in [1.82, 2.24) is 15.0 Å². The van der Waals surface area contributed by atoms with Gasteiger partial charge in [-0.2, -0.15) is 4.68 Å². The summed E-state index contributed by atoms with van der Waals surface area (Å²) in [4.78, 5) is 25.0. The van der Waals surface area contributed by atoms with Crippen LogP contribution in [-0.4, -0.2) is 21.0 Å². The Kier molecular flexibility index (Phi) is 5.32. The third kappa shape index (κ3) is 3.75. The van der Waals surface area contributed by atoms with Crippen LogP contribution in [0.1, 0.15) is 25.3 Å². The molecule has 0 bridgehead atoms. The number of hydrogen-bond acceptors (Lipinski definition) is 5. The molecule has 0 amide bonds. The van der Waals surface area contributed by atoms with Crippen molar-refractivity contribution in [2.45, 2.75) is 26.5 Å². The monoisotopic (exact) mass is 371 g/mol. The minimum absolute atomic E-state index is 0.0167. The van der Waals surface area contributed by atoms with Gasteiger partial charge < -0.3 is 4.74 Å². The Hall–Kier alpha value is -2.73. The number of fused-ring (bicyclic) bond motifs is 1. The maximum Gasteiger partial charge on any atom is 0.315 e. The van der Waals surface area contributed by atoms with Gasteiger partial charge in [-0.25, -0.2) is 0 Å². The molecule has 0 unspecified atom stereocenters. The normalized spacial score (nSPS) is 12.3. The Morgan fingerprint density at radius 3 is 2.54 bits per heavy atom. The van der Waals surface area contributed by atoms with E-state index in [1.54, 1.807) is 48.5 Å². The Balaban J connectivity index is 1.79. The summed E-state index contributed by atoms with van der Waals surface area (Å²) in [6.07, 6.45) is 0. The van der Waals surface area contributed by atoms with Crippen molar-refractivity contribution in [3.05, 3.63) is 69.5 Å². The number of rotatable bonds is 5. The van der Waals surface area contributed by atoms with Crippen LogP contribution in [-0.2, 0) is 16.3 Å². The minimum atomic E-state index is -0.462. The van der Waals surface area contributed by atoms with E-state index in [2.05, 4.69) is 10.3 Å². The topological polar surface area (TPSA) is 74.1 Å². The van der Waals surface area contributed by atoms with Crippen LogP contribution in [0.5, 0.6) is 0 Å². The van der Waals surface area contributed by atoms with Crippen LogP contribution in [0.25, 0.3) is 10.9 Å². The molecule has 0 N–H and O–H groups in total. The number of aromatic nitrogens is 3. The number of nitrogens with zero attached hydrogens (tertiary/aromatic N) is 3. The number of benzene rings is 2. The molecule has 1 heterocycles. The summed E-state index contributed by atoms with van der Waals surface area (Å²) in [5.41, 5.74) is 0.962. The number of halogens is 1. The van der Waals surface area contributed by atoms with Gasteiger partial charge in [0.2, 0.25) is 0 Å². The van der Waals surface area contributed by atoms with Crippen LogP contribution in [0, 0.1) is 5.92 Å². The van der Waals surface area contributed by atoms with Crippen LogP contribution in [0.4, 0.5) is 0 Å². The van der Waals surface area contributed by atoms with Crippen molar-refractivity contribution >= 4 is 28.5 Å². The molecule has 0 radical (unpaired) electrons. The number of hydrogen-bond donors (Lipinski definition) is 0. The van der Waals surface area contributed by atoms with Gasteiger partial charge in [0, 0.05) is 5.02 Å². The van der Waals surface area contributed by atoms with E-state index in [9.17, 15) is 9.59 Å².